The molecule has 0 aliphatic heterocycles. The number of ether oxygens (including phenoxy) is 1. The number of benzene rings is 2. The highest BCUT2D eigenvalue weighted by Gasteiger charge is 2.07. The summed E-state index contributed by atoms with van der Waals surface area (Å²) < 4.78 is 28.3. The molecule has 0 atom stereocenters. The smallest absolute Gasteiger partial charge is 0.387 e. The van der Waals surface area contributed by atoms with Crippen LogP contribution in [0.15, 0.2) is 48.5 Å². The maximum Gasteiger partial charge on any atom is 0.387 e. The van der Waals surface area contributed by atoms with Gasteiger partial charge in [0.2, 0.25) is 0 Å². The molecule has 0 aliphatic carbocycles. The lowest BCUT2D eigenvalue weighted by Crippen LogP contribution is -2.11. The molecule has 0 heterocycles. The van der Waals surface area contributed by atoms with E-state index in [1.807, 2.05) is 12.1 Å². The summed E-state index contributed by atoms with van der Waals surface area (Å²) >= 11 is 3.33. The predicted octanol–water partition coefficient (Wildman–Crippen LogP) is 4.44. The van der Waals surface area contributed by atoms with Crippen LogP contribution in [0.1, 0.15) is 15.9 Å². The lowest BCUT2D eigenvalue weighted by atomic mass is 10.1. The Morgan fingerprint density at radius 3 is 2.24 bits per heavy atom. The van der Waals surface area contributed by atoms with Crippen LogP contribution in [-0.4, -0.2) is 12.5 Å². The van der Waals surface area contributed by atoms with Crippen molar-refractivity contribution in [1.29, 1.82) is 0 Å². The number of halogens is 3. The molecule has 0 saturated heterocycles. The van der Waals surface area contributed by atoms with Gasteiger partial charge in [0.25, 0.3) is 5.91 Å². The zero-order valence-electron chi connectivity index (χ0n) is 10.9. The van der Waals surface area contributed by atoms with Crippen molar-refractivity contribution in [3.05, 3.63) is 59.7 Å². The zero-order chi connectivity index (χ0) is 15.2. The summed E-state index contributed by atoms with van der Waals surface area (Å²) in [6.07, 6.45) is 0. The first-order valence-electron chi connectivity index (χ1n) is 6.09. The molecular weight excluding hydrogens is 344 g/mol. The van der Waals surface area contributed by atoms with Crippen molar-refractivity contribution >= 4 is 27.5 Å². The predicted molar refractivity (Wildman–Crippen MR) is 80.1 cm³/mol. The SMILES string of the molecule is O=C(Nc1ccc(OC(F)F)cc1)c1ccc(CBr)cc1. The van der Waals surface area contributed by atoms with E-state index >= 15 is 0 Å². The van der Waals surface area contributed by atoms with Gasteiger partial charge in [0.1, 0.15) is 5.75 Å². The summed E-state index contributed by atoms with van der Waals surface area (Å²) in [7, 11) is 0. The van der Waals surface area contributed by atoms with Crippen molar-refractivity contribution in [3.63, 3.8) is 0 Å². The second-order valence-electron chi connectivity index (χ2n) is 4.19. The number of hydrogen-bond acceptors (Lipinski definition) is 2. The van der Waals surface area contributed by atoms with Crippen LogP contribution in [0.5, 0.6) is 5.75 Å². The van der Waals surface area contributed by atoms with Crippen molar-refractivity contribution in [3.8, 4) is 5.75 Å². The summed E-state index contributed by atoms with van der Waals surface area (Å²) in [5.74, 6) is -0.219. The molecule has 3 nitrogen and oxygen atoms in total. The van der Waals surface area contributed by atoms with Gasteiger partial charge >= 0.3 is 6.61 Å². The standard InChI is InChI=1S/C15H12BrF2NO2/c16-9-10-1-3-11(4-2-10)14(20)19-12-5-7-13(8-6-12)21-15(17)18/h1-8,15H,9H2,(H,19,20). The highest BCUT2D eigenvalue weighted by molar-refractivity contribution is 9.08. The molecule has 0 radical (unpaired) electrons. The molecule has 2 aromatic rings. The van der Waals surface area contributed by atoms with Crippen LogP contribution < -0.4 is 10.1 Å². The number of carbonyl (C=O) groups excluding carboxylic acids is 1. The third-order valence-corrected chi connectivity index (χ3v) is 3.36. The first-order valence-corrected chi connectivity index (χ1v) is 7.22. The number of nitrogens with one attached hydrogen (secondary N) is 1. The van der Waals surface area contributed by atoms with Gasteiger partial charge in [-0.2, -0.15) is 8.78 Å². The Kier molecular flexibility index (Phi) is 5.27. The first-order chi connectivity index (χ1) is 10.1. The number of amides is 1. The molecule has 110 valence electrons. The van der Waals surface area contributed by atoms with Crippen LogP contribution in [0, 0.1) is 0 Å². The van der Waals surface area contributed by atoms with E-state index in [0.29, 0.717) is 11.3 Å². The van der Waals surface area contributed by atoms with E-state index in [9.17, 15) is 13.6 Å². The van der Waals surface area contributed by atoms with Gasteiger partial charge in [-0.3, -0.25) is 4.79 Å². The second-order valence-corrected chi connectivity index (χ2v) is 4.75. The van der Waals surface area contributed by atoms with Crippen molar-refractivity contribution in [2.75, 3.05) is 5.32 Å². The van der Waals surface area contributed by atoms with Gasteiger partial charge in [0, 0.05) is 16.6 Å². The molecule has 2 rings (SSSR count). The van der Waals surface area contributed by atoms with Gasteiger partial charge in [-0.1, -0.05) is 28.1 Å². The molecule has 6 heteroatoms. The third-order valence-electron chi connectivity index (χ3n) is 2.71. The molecule has 21 heavy (non-hydrogen) atoms. The number of rotatable bonds is 5. The Labute approximate surface area is 129 Å². The molecule has 0 aromatic heterocycles. The van der Waals surface area contributed by atoms with Gasteiger partial charge in [0.05, 0.1) is 0 Å². The van der Waals surface area contributed by atoms with E-state index in [1.165, 1.54) is 24.3 Å². The topological polar surface area (TPSA) is 38.3 Å². The summed E-state index contributed by atoms with van der Waals surface area (Å²) in [6.45, 7) is -2.86. The van der Waals surface area contributed by atoms with E-state index in [-0.39, 0.29) is 11.7 Å². The fourth-order valence-corrected chi connectivity index (χ4v) is 2.04. The van der Waals surface area contributed by atoms with E-state index in [2.05, 4.69) is 26.0 Å². The van der Waals surface area contributed by atoms with Crippen LogP contribution in [0.4, 0.5) is 14.5 Å². The minimum atomic E-state index is -2.86. The van der Waals surface area contributed by atoms with Gasteiger partial charge in [-0.25, -0.2) is 0 Å². The average Bonchev–Trinajstić information content (AvgIpc) is 2.49. The molecule has 1 N–H and O–H groups in total. The Morgan fingerprint density at radius 2 is 1.71 bits per heavy atom. The molecule has 0 spiro atoms. The fraction of sp³-hybridized carbons (Fsp3) is 0.133. The van der Waals surface area contributed by atoms with Crippen molar-refractivity contribution in [2.24, 2.45) is 0 Å². The molecule has 0 unspecified atom stereocenters. The van der Waals surface area contributed by atoms with E-state index in [1.54, 1.807) is 12.1 Å². The van der Waals surface area contributed by atoms with Crippen LogP contribution in [0.3, 0.4) is 0 Å². The molecule has 0 aliphatic rings. The molecule has 0 bridgehead atoms. The van der Waals surface area contributed by atoms with E-state index in [4.69, 9.17) is 0 Å². The largest absolute Gasteiger partial charge is 0.435 e. The van der Waals surface area contributed by atoms with E-state index < -0.39 is 6.61 Å². The Hall–Kier alpha value is -1.95. The van der Waals surface area contributed by atoms with Crippen LogP contribution in [0.25, 0.3) is 0 Å². The summed E-state index contributed by atoms with van der Waals surface area (Å²) in [6, 6.07) is 12.9. The summed E-state index contributed by atoms with van der Waals surface area (Å²) in [5.41, 5.74) is 2.10. The molecule has 0 saturated carbocycles. The average molecular weight is 356 g/mol. The van der Waals surface area contributed by atoms with Crippen molar-refractivity contribution in [2.45, 2.75) is 11.9 Å². The normalized spacial score (nSPS) is 10.5. The monoisotopic (exact) mass is 355 g/mol. The minimum absolute atomic E-state index is 0.0460. The number of alkyl halides is 3. The van der Waals surface area contributed by atoms with Crippen LogP contribution >= 0.6 is 15.9 Å². The lowest BCUT2D eigenvalue weighted by Gasteiger charge is -2.08. The second kappa shape index (κ2) is 7.17. The maximum atomic E-state index is 12.0. The quantitative estimate of drug-likeness (QED) is 0.805. The van der Waals surface area contributed by atoms with Gasteiger partial charge in [-0.05, 0) is 42.0 Å². The van der Waals surface area contributed by atoms with E-state index in [0.717, 1.165) is 10.9 Å². The fourth-order valence-electron chi connectivity index (χ4n) is 1.67. The summed E-state index contributed by atoms with van der Waals surface area (Å²) in [4.78, 5) is 12.0. The van der Waals surface area contributed by atoms with Crippen LogP contribution in [0.2, 0.25) is 0 Å². The lowest BCUT2D eigenvalue weighted by molar-refractivity contribution is -0.0498. The Bertz CT molecular complexity index is 600. The molecular formula is C15H12BrF2NO2. The van der Waals surface area contributed by atoms with Gasteiger partial charge in [-0.15, -0.1) is 0 Å². The number of hydrogen-bond donors (Lipinski definition) is 1. The Morgan fingerprint density at radius 1 is 1.10 bits per heavy atom. The van der Waals surface area contributed by atoms with Crippen molar-refractivity contribution < 1.29 is 18.3 Å². The number of anilines is 1. The van der Waals surface area contributed by atoms with Gasteiger partial charge in [0.15, 0.2) is 0 Å². The highest BCUT2D eigenvalue weighted by atomic mass is 79.9. The minimum Gasteiger partial charge on any atom is -0.435 e. The van der Waals surface area contributed by atoms with Crippen molar-refractivity contribution in [1.82, 2.24) is 0 Å². The Balaban J connectivity index is 2.01. The third kappa shape index (κ3) is 4.53. The highest BCUT2D eigenvalue weighted by Crippen LogP contribution is 2.18. The first kappa shape index (κ1) is 15.4. The molecule has 2 aromatic carbocycles. The maximum absolute atomic E-state index is 12.0. The zero-order valence-corrected chi connectivity index (χ0v) is 12.4. The van der Waals surface area contributed by atoms with Crippen LogP contribution in [-0.2, 0) is 5.33 Å². The summed E-state index contributed by atoms with van der Waals surface area (Å²) in [5, 5.41) is 3.41. The number of carbonyl (C=O) groups is 1. The molecule has 0 fully saturated rings. The molecule has 1 amide bonds. The van der Waals surface area contributed by atoms with Gasteiger partial charge < -0.3 is 10.1 Å².